The van der Waals surface area contributed by atoms with Gasteiger partial charge in [0.1, 0.15) is 11.5 Å². The fourth-order valence-corrected chi connectivity index (χ4v) is 4.67. The summed E-state index contributed by atoms with van der Waals surface area (Å²) < 4.78 is 0. The second kappa shape index (κ2) is 9.88. The second-order valence-electron chi connectivity index (χ2n) is 8.53. The molecule has 3 aromatic heterocycles. The summed E-state index contributed by atoms with van der Waals surface area (Å²) in [4.78, 5) is 18.2. The van der Waals surface area contributed by atoms with E-state index in [1.54, 1.807) is 18.6 Å². The van der Waals surface area contributed by atoms with Crippen LogP contribution in [0.2, 0.25) is 0 Å². The SMILES string of the molecule is OC[C@@H]1C[C@@H](c2ccccc2)CC[C@H]1Nc1cc(-c2cccnc2)nc(-c2ccccn2)n1. The number of hydrogen-bond donors (Lipinski definition) is 2. The van der Waals surface area contributed by atoms with E-state index in [9.17, 15) is 5.11 Å². The Labute approximate surface area is 193 Å². The van der Waals surface area contributed by atoms with Crippen molar-refractivity contribution in [2.24, 2.45) is 5.92 Å². The molecule has 1 aliphatic carbocycles. The van der Waals surface area contributed by atoms with Gasteiger partial charge >= 0.3 is 0 Å². The highest BCUT2D eigenvalue weighted by Crippen LogP contribution is 2.37. The van der Waals surface area contributed by atoms with Crippen LogP contribution in [0, 0.1) is 5.92 Å². The molecule has 2 N–H and O–H groups in total. The Balaban J connectivity index is 1.42. The second-order valence-corrected chi connectivity index (χ2v) is 8.53. The number of aliphatic hydroxyl groups is 1. The molecule has 1 aliphatic rings. The van der Waals surface area contributed by atoms with Gasteiger partial charge < -0.3 is 10.4 Å². The third-order valence-electron chi connectivity index (χ3n) is 6.40. The van der Waals surface area contributed by atoms with E-state index in [-0.39, 0.29) is 18.6 Å². The van der Waals surface area contributed by atoms with Crippen LogP contribution in [-0.4, -0.2) is 37.7 Å². The fraction of sp³-hybridized carbons (Fsp3) is 0.259. The minimum absolute atomic E-state index is 0.142. The van der Waals surface area contributed by atoms with Crippen LogP contribution >= 0.6 is 0 Å². The number of anilines is 1. The molecule has 0 amide bonds. The normalized spacial score (nSPS) is 20.3. The van der Waals surface area contributed by atoms with Gasteiger partial charge in [0.05, 0.1) is 5.69 Å². The maximum absolute atomic E-state index is 10.2. The molecule has 3 heterocycles. The van der Waals surface area contributed by atoms with E-state index in [4.69, 9.17) is 9.97 Å². The van der Waals surface area contributed by atoms with Crippen LogP contribution in [0.5, 0.6) is 0 Å². The van der Waals surface area contributed by atoms with Crippen LogP contribution in [0.4, 0.5) is 5.82 Å². The van der Waals surface area contributed by atoms with Crippen molar-refractivity contribution in [2.75, 3.05) is 11.9 Å². The third kappa shape index (κ3) is 4.91. The number of nitrogens with one attached hydrogen (secondary N) is 1. The highest BCUT2D eigenvalue weighted by Gasteiger charge is 2.31. The zero-order chi connectivity index (χ0) is 22.5. The first kappa shape index (κ1) is 21.2. The lowest BCUT2D eigenvalue weighted by Crippen LogP contribution is -2.37. The predicted molar refractivity (Wildman–Crippen MR) is 130 cm³/mol. The number of pyridine rings is 2. The summed E-state index contributed by atoms with van der Waals surface area (Å²) in [7, 11) is 0. The topological polar surface area (TPSA) is 83.8 Å². The first-order valence-electron chi connectivity index (χ1n) is 11.4. The molecular weight excluding hydrogens is 410 g/mol. The molecule has 0 spiro atoms. The molecule has 1 fully saturated rings. The number of rotatable bonds is 6. The molecule has 33 heavy (non-hydrogen) atoms. The number of aliphatic hydroxyl groups excluding tert-OH is 1. The van der Waals surface area contributed by atoms with Crippen LogP contribution in [-0.2, 0) is 0 Å². The number of hydrogen-bond acceptors (Lipinski definition) is 6. The zero-order valence-corrected chi connectivity index (χ0v) is 18.4. The van der Waals surface area contributed by atoms with Crippen molar-refractivity contribution < 1.29 is 5.11 Å². The monoisotopic (exact) mass is 437 g/mol. The van der Waals surface area contributed by atoms with Gasteiger partial charge in [-0.25, -0.2) is 9.97 Å². The smallest absolute Gasteiger partial charge is 0.180 e. The number of aromatic nitrogens is 4. The molecule has 0 radical (unpaired) electrons. The average molecular weight is 438 g/mol. The van der Waals surface area contributed by atoms with Gasteiger partial charge in [-0.2, -0.15) is 0 Å². The molecule has 1 aromatic carbocycles. The van der Waals surface area contributed by atoms with Crippen LogP contribution in [0.25, 0.3) is 22.8 Å². The molecule has 6 heteroatoms. The Morgan fingerprint density at radius 3 is 2.52 bits per heavy atom. The van der Waals surface area contributed by atoms with Crippen molar-refractivity contribution in [3.8, 4) is 22.8 Å². The van der Waals surface area contributed by atoms with E-state index in [0.717, 1.165) is 42.0 Å². The zero-order valence-electron chi connectivity index (χ0n) is 18.4. The van der Waals surface area contributed by atoms with E-state index >= 15 is 0 Å². The van der Waals surface area contributed by atoms with E-state index in [1.165, 1.54) is 5.56 Å². The van der Waals surface area contributed by atoms with Gasteiger partial charge in [0.2, 0.25) is 0 Å². The molecule has 5 rings (SSSR count). The molecule has 1 saturated carbocycles. The quantitative estimate of drug-likeness (QED) is 0.444. The van der Waals surface area contributed by atoms with Crippen molar-refractivity contribution in [1.82, 2.24) is 19.9 Å². The molecule has 4 aromatic rings. The van der Waals surface area contributed by atoms with Crippen molar-refractivity contribution >= 4 is 5.82 Å². The molecule has 166 valence electrons. The lowest BCUT2D eigenvalue weighted by atomic mass is 9.75. The maximum atomic E-state index is 10.2. The standard InChI is InChI=1S/C27H27N5O/c33-18-22-15-20(19-7-2-1-3-8-19)11-12-23(22)30-26-16-25(21-9-6-13-28-17-21)31-27(32-26)24-10-4-5-14-29-24/h1-10,13-14,16-17,20,22-23,33H,11-12,15,18H2,(H,30,31,32)/t20-,22-,23+/m0/s1. The summed E-state index contributed by atoms with van der Waals surface area (Å²) in [6.07, 6.45) is 8.29. The van der Waals surface area contributed by atoms with Crippen molar-refractivity contribution in [1.29, 1.82) is 0 Å². The van der Waals surface area contributed by atoms with E-state index < -0.39 is 0 Å². The van der Waals surface area contributed by atoms with Crippen molar-refractivity contribution in [3.05, 3.63) is 90.9 Å². The maximum Gasteiger partial charge on any atom is 0.180 e. The first-order chi connectivity index (χ1) is 16.3. The van der Waals surface area contributed by atoms with E-state index in [1.807, 2.05) is 42.5 Å². The Morgan fingerprint density at radius 1 is 0.879 bits per heavy atom. The molecule has 0 unspecified atom stereocenters. The van der Waals surface area contributed by atoms with Crippen LogP contribution < -0.4 is 5.32 Å². The summed E-state index contributed by atoms with van der Waals surface area (Å²) in [5.74, 6) is 1.94. The van der Waals surface area contributed by atoms with Gasteiger partial charge in [-0.05, 0) is 55.0 Å². The largest absolute Gasteiger partial charge is 0.396 e. The summed E-state index contributed by atoms with van der Waals surface area (Å²) in [5, 5.41) is 13.8. The summed E-state index contributed by atoms with van der Waals surface area (Å²) in [6, 6.07) is 22.3. The molecular formula is C27H27N5O. The van der Waals surface area contributed by atoms with Crippen molar-refractivity contribution in [2.45, 2.75) is 31.2 Å². The average Bonchev–Trinajstić information content (AvgIpc) is 2.90. The van der Waals surface area contributed by atoms with E-state index in [0.29, 0.717) is 11.7 Å². The molecule has 0 saturated heterocycles. The van der Waals surface area contributed by atoms with E-state index in [2.05, 4.69) is 39.6 Å². The first-order valence-corrected chi connectivity index (χ1v) is 11.4. The predicted octanol–water partition coefficient (Wildman–Crippen LogP) is 4.96. The Kier molecular flexibility index (Phi) is 6.35. The van der Waals surface area contributed by atoms with Gasteiger partial charge in [-0.3, -0.25) is 9.97 Å². The number of nitrogens with zero attached hydrogens (tertiary/aromatic N) is 4. The molecule has 0 aliphatic heterocycles. The minimum atomic E-state index is 0.142. The lowest BCUT2D eigenvalue weighted by Gasteiger charge is -2.36. The number of benzene rings is 1. The Morgan fingerprint density at radius 2 is 1.76 bits per heavy atom. The highest BCUT2D eigenvalue weighted by atomic mass is 16.3. The van der Waals surface area contributed by atoms with Gasteiger partial charge in [0.15, 0.2) is 5.82 Å². The van der Waals surface area contributed by atoms with Crippen LogP contribution in [0.1, 0.15) is 30.7 Å². The van der Waals surface area contributed by atoms with Crippen LogP contribution in [0.3, 0.4) is 0 Å². The van der Waals surface area contributed by atoms with Crippen molar-refractivity contribution in [3.63, 3.8) is 0 Å². The lowest BCUT2D eigenvalue weighted by molar-refractivity contribution is 0.167. The Hall–Kier alpha value is -3.64. The molecule has 0 bridgehead atoms. The van der Waals surface area contributed by atoms with Crippen LogP contribution in [0.15, 0.2) is 85.3 Å². The van der Waals surface area contributed by atoms with Gasteiger partial charge in [-0.1, -0.05) is 36.4 Å². The van der Waals surface area contributed by atoms with Gasteiger partial charge in [0, 0.05) is 48.8 Å². The van der Waals surface area contributed by atoms with Gasteiger partial charge in [-0.15, -0.1) is 0 Å². The summed E-state index contributed by atoms with van der Waals surface area (Å²) in [6.45, 7) is 0.147. The molecule has 3 atom stereocenters. The highest BCUT2D eigenvalue weighted by molar-refractivity contribution is 5.65. The third-order valence-corrected chi connectivity index (χ3v) is 6.40. The minimum Gasteiger partial charge on any atom is -0.396 e. The summed E-state index contributed by atoms with van der Waals surface area (Å²) >= 11 is 0. The molecule has 6 nitrogen and oxygen atoms in total. The Bertz CT molecular complexity index is 1110. The fourth-order valence-electron chi connectivity index (χ4n) is 4.67. The summed E-state index contributed by atoms with van der Waals surface area (Å²) in [5.41, 5.74) is 3.79. The van der Waals surface area contributed by atoms with Gasteiger partial charge in [0.25, 0.3) is 0 Å².